The van der Waals surface area contributed by atoms with Crippen LogP contribution in [0.5, 0.6) is 0 Å². The maximum absolute atomic E-state index is 14.0. The molecule has 16 heavy (non-hydrogen) atoms. The van der Waals surface area contributed by atoms with E-state index in [0.29, 0.717) is 10.8 Å². The molecule has 0 bridgehead atoms. The molecule has 0 aromatic heterocycles. The van der Waals surface area contributed by atoms with E-state index in [1.165, 1.54) is 0 Å². The van der Waals surface area contributed by atoms with E-state index in [-0.39, 0.29) is 17.1 Å². The highest BCUT2D eigenvalue weighted by molar-refractivity contribution is 7.80. The molecule has 3 unspecified atom stereocenters. The molecule has 0 spiro atoms. The normalized spacial score (nSPS) is 30.4. The van der Waals surface area contributed by atoms with Gasteiger partial charge in [-0.05, 0) is 37.3 Å². The molecule has 0 nitrogen and oxygen atoms in total. The Morgan fingerprint density at radius 2 is 2.12 bits per heavy atom. The summed E-state index contributed by atoms with van der Waals surface area (Å²) in [6, 6.07) is 5.55. The predicted octanol–water partition coefficient (Wildman–Crippen LogP) is 4.31. The first-order valence-corrected chi connectivity index (χ1v) is 6.62. The minimum absolute atomic E-state index is 0.0414. The second-order valence-corrected chi connectivity index (χ2v) is 5.86. The minimum atomic E-state index is -0.0967. The van der Waals surface area contributed by atoms with Crippen LogP contribution in [0.4, 0.5) is 4.39 Å². The van der Waals surface area contributed by atoms with Gasteiger partial charge < -0.3 is 0 Å². The van der Waals surface area contributed by atoms with Gasteiger partial charge in [0.15, 0.2) is 0 Å². The Morgan fingerprint density at radius 3 is 2.88 bits per heavy atom. The van der Waals surface area contributed by atoms with Gasteiger partial charge in [-0.15, -0.1) is 11.6 Å². The Labute approximate surface area is 107 Å². The SMILES string of the molecule is Cc1cccc(C2CC(S)CCC2Cl)c1F. The summed E-state index contributed by atoms with van der Waals surface area (Å²) in [5.74, 6) is 0.0124. The smallest absolute Gasteiger partial charge is 0.129 e. The Bertz CT molecular complexity index is 380. The Balaban J connectivity index is 2.31. The molecule has 1 aliphatic carbocycles. The van der Waals surface area contributed by atoms with Gasteiger partial charge in [-0.3, -0.25) is 0 Å². The average molecular weight is 259 g/mol. The van der Waals surface area contributed by atoms with Crippen LogP contribution in [0, 0.1) is 12.7 Å². The fourth-order valence-electron chi connectivity index (χ4n) is 2.39. The lowest BCUT2D eigenvalue weighted by Crippen LogP contribution is -2.25. The Hall–Kier alpha value is -0.210. The van der Waals surface area contributed by atoms with Gasteiger partial charge in [0.1, 0.15) is 5.82 Å². The first-order valence-electron chi connectivity index (χ1n) is 5.66. The molecule has 0 saturated heterocycles. The third-order valence-electron chi connectivity index (χ3n) is 3.36. The zero-order valence-electron chi connectivity index (χ0n) is 9.29. The summed E-state index contributed by atoms with van der Waals surface area (Å²) in [7, 11) is 0. The van der Waals surface area contributed by atoms with Crippen molar-refractivity contribution in [2.24, 2.45) is 0 Å². The monoisotopic (exact) mass is 258 g/mol. The van der Waals surface area contributed by atoms with Crippen LogP contribution in [0.1, 0.15) is 36.3 Å². The first-order chi connectivity index (χ1) is 7.59. The first kappa shape index (κ1) is 12.3. The van der Waals surface area contributed by atoms with Crippen molar-refractivity contribution in [2.45, 2.75) is 42.7 Å². The second-order valence-electron chi connectivity index (χ2n) is 4.57. The Kier molecular flexibility index (Phi) is 3.81. The van der Waals surface area contributed by atoms with Gasteiger partial charge in [-0.1, -0.05) is 18.2 Å². The maximum atomic E-state index is 14.0. The van der Waals surface area contributed by atoms with Crippen LogP contribution in [0.25, 0.3) is 0 Å². The van der Waals surface area contributed by atoms with Crippen LogP contribution in [-0.2, 0) is 0 Å². The molecule has 1 aliphatic rings. The number of alkyl halides is 1. The molecule has 0 amide bonds. The minimum Gasteiger partial charge on any atom is -0.206 e. The van der Waals surface area contributed by atoms with Crippen molar-refractivity contribution >= 4 is 24.2 Å². The lowest BCUT2D eigenvalue weighted by Gasteiger charge is -2.31. The second kappa shape index (κ2) is 4.97. The van der Waals surface area contributed by atoms with Gasteiger partial charge in [-0.25, -0.2) is 4.39 Å². The number of halogens is 2. The molecular weight excluding hydrogens is 243 g/mol. The van der Waals surface area contributed by atoms with Crippen molar-refractivity contribution in [3.63, 3.8) is 0 Å². The molecule has 0 N–H and O–H groups in total. The van der Waals surface area contributed by atoms with Crippen LogP contribution in [0.3, 0.4) is 0 Å². The zero-order valence-corrected chi connectivity index (χ0v) is 10.9. The molecule has 1 aromatic rings. The van der Waals surface area contributed by atoms with Crippen LogP contribution in [0.15, 0.2) is 18.2 Å². The third-order valence-corrected chi connectivity index (χ3v) is 4.35. The molecule has 3 atom stereocenters. The summed E-state index contributed by atoms with van der Waals surface area (Å²) < 4.78 is 14.0. The van der Waals surface area contributed by atoms with E-state index in [2.05, 4.69) is 12.6 Å². The van der Waals surface area contributed by atoms with Gasteiger partial charge in [0.05, 0.1) is 0 Å². The summed E-state index contributed by atoms with van der Waals surface area (Å²) in [5, 5.41) is 0.389. The van der Waals surface area contributed by atoms with E-state index >= 15 is 0 Å². The zero-order chi connectivity index (χ0) is 11.7. The van der Waals surface area contributed by atoms with Crippen LogP contribution < -0.4 is 0 Å². The van der Waals surface area contributed by atoms with E-state index in [1.807, 2.05) is 12.1 Å². The van der Waals surface area contributed by atoms with E-state index < -0.39 is 0 Å². The van der Waals surface area contributed by atoms with Crippen molar-refractivity contribution in [1.29, 1.82) is 0 Å². The van der Waals surface area contributed by atoms with Crippen molar-refractivity contribution < 1.29 is 4.39 Å². The van der Waals surface area contributed by atoms with Crippen molar-refractivity contribution in [2.75, 3.05) is 0 Å². The average Bonchev–Trinajstić information content (AvgIpc) is 2.26. The standard InChI is InChI=1S/C13H16ClFS/c1-8-3-2-4-10(13(8)15)11-7-9(16)5-6-12(11)14/h2-4,9,11-12,16H,5-7H2,1H3. The molecule has 2 rings (SSSR count). The number of rotatable bonds is 1. The molecule has 3 heteroatoms. The lowest BCUT2D eigenvalue weighted by atomic mass is 9.82. The van der Waals surface area contributed by atoms with Gasteiger partial charge in [0.2, 0.25) is 0 Å². The topological polar surface area (TPSA) is 0 Å². The van der Waals surface area contributed by atoms with E-state index in [1.54, 1.807) is 13.0 Å². The van der Waals surface area contributed by atoms with Crippen LogP contribution >= 0.6 is 24.2 Å². The molecule has 0 radical (unpaired) electrons. The van der Waals surface area contributed by atoms with E-state index in [9.17, 15) is 4.39 Å². The number of thiol groups is 1. The van der Waals surface area contributed by atoms with Gasteiger partial charge >= 0.3 is 0 Å². The van der Waals surface area contributed by atoms with Crippen LogP contribution in [0.2, 0.25) is 0 Å². The molecule has 1 saturated carbocycles. The maximum Gasteiger partial charge on any atom is 0.129 e. The third kappa shape index (κ3) is 2.38. The summed E-state index contributed by atoms with van der Waals surface area (Å²) in [6.45, 7) is 1.79. The fourth-order valence-corrected chi connectivity index (χ4v) is 3.13. The largest absolute Gasteiger partial charge is 0.206 e. The van der Waals surface area contributed by atoms with Gasteiger partial charge in [-0.2, -0.15) is 12.6 Å². The number of hydrogen-bond acceptors (Lipinski definition) is 1. The van der Waals surface area contributed by atoms with Crippen LogP contribution in [-0.4, -0.2) is 10.6 Å². The fraction of sp³-hybridized carbons (Fsp3) is 0.538. The van der Waals surface area contributed by atoms with Gasteiger partial charge in [0.25, 0.3) is 0 Å². The molecule has 88 valence electrons. The molecule has 0 heterocycles. The predicted molar refractivity (Wildman–Crippen MR) is 70.1 cm³/mol. The highest BCUT2D eigenvalue weighted by Crippen LogP contribution is 2.39. The summed E-state index contributed by atoms with van der Waals surface area (Å²) in [6.07, 6.45) is 2.83. The van der Waals surface area contributed by atoms with Crippen molar-refractivity contribution in [1.82, 2.24) is 0 Å². The summed E-state index contributed by atoms with van der Waals surface area (Å²) in [5.41, 5.74) is 1.46. The van der Waals surface area contributed by atoms with Gasteiger partial charge in [0, 0.05) is 16.5 Å². The molecule has 0 aliphatic heterocycles. The van der Waals surface area contributed by atoms with E-state index in [0.717, 1.165) is 24.8 Å². The lowest BCUT2D eigenvalue weighted by molar-refractivity contribution is 0.445. The highest BCUT2D eigenvalue weighted by Gasteiger charge is 2.30. The van der Waals surface area contributed by atoms with Crippen molar-refractivity contribution in [3.05, 3.63) is 35.1 Å². The molecule has 1 aromatic carbocycles. The number of aryl methyl sites for hydroxylation is 1. The summed E-state index contributed by atoms with van der Waals surface area (Å²) >= 11 is 10.8. The Morgan fingerprint density at radius 1 is 1.38 bits per heavy atom. The number of hydrogen-bond donors (Lipinski definition) is 1. The molecule has 1 fully saturated rings. The van der Waals surface area contributed by atoms with E-state index in [4.69, 9.17) is 11.6 Å². The highest BCUT2D eigenvalue weighted by atomic mass is 35.5. The quantitative estimate of drug-likeness (QED) is 0.563. The molecular formula is C13H16ClFS. The summed E-state index contributed by atoms with van der Waals surface area (Å²) in [4.78, 5) is 0. The number of benzene rings is 1. The van der Waals surface area contributed by atoms with Crippen molar-refractivity contribution in [3.8, 4) is 0 Å².